The molecule has 3 aromatic carbocycles. The molecule has 0 saturated carbocycles. The van der Waals surface area contributed by atoms with Gasteiger partial charge in [0.05, 0.1) is 41.0 Å². The first-order valence-corrected chi connectivity index (χ1v) is 11.2. The summed E-state index contributed by atoms with van der Waals surface area (Å²) in [4.78, 5) is 53.0. The molecule has 0 radical (unpaired) electrons. The number of ether oxygens (including phenoxy) is 1. The number of carbonyl (C=O) groups excluding carboxylic acids is 3. The van der Waals surface area contributed by atoms with E-state index in [1.165, 1.54) is 25.3 Å². The molecular formula is C27H20N2O6. The van der Waals surface area contributed by atoms with E-state index in [9.17, 15) is 24.5 Å². The number of amides is 2. The highest BCUT2D eigenvalue weighted by atomic mass is 16.6. The molecule has 8 nitrogen and oxygen atoms in total. The average molecular weight is 468 g/mol. The van der Waals surface area contributed by atoms with Crippen LogP contribution in [-0.2, 0) is 25.2 Å². The normalized spacial score (nSPS) is 27.8. The zero-order valence-electron chi connectivity index (χ0n) is 18.9. The lowest BCUT2D eigenvalue weighted by atomic mass is 9.42. The van der Waals surface area contributed by atoms with Crippen LogP contribution in [0.1, 0.15) is 29.2 Å². The quantitative estimate of drug-likeness (QED) is 0.251. The summed E-state index contributed by atoms with van der Waals surface area (Å²) in [7, 11) is 1.32. The second-order valence-corrected chi connectivity index (χ2v) is 9.36. The van der Waals surface area contributed by atoms with E-state index < -0.39 is 39.4 Å². The van der Waals surface area contributed by atoms with Gasteiger partial charge in [-0.05, 0) is 28.3 Å². The molecular weight excluding hydrogens is 448 g/mol. The lowest BCUT2D eigenvalue weighted by molar-refractivity contribution is -0.384. The molecule has 1 saturated heterocycles. The van der Waals surface area contributed by atoms with Gasteiger partial charge in [0.1, 0.15) is 12.0 Å². The van der Waals surface area contributed by atoms with E-state index in [1.807, 2.05) is 55.5 Å². The number of methoxy groups -OCH3 is 1. The Labute approximate surface area is 200 Å². The standard InChI is InChI=1S/C27H20N2O6/c1-26-16-7-3-5-9-18(16)27(14-30,19-10-6-4-8-17(19)26)23-22(26)24(31)28(25(23)32)20-12-11-15(29(33)34)13-21(20)35-2/h3-14,22-23H,1-2H3/t22-,23+,26?,27?/m0/s1. The lowest BCUT2D eigenvalue weighted by Crippen LogP contribution is -2.61. The van der Waals surface area contributed by atoms with Crippen LogP contribution < -0.4 is 9.64 Å². The molecule has 0 unspecified atom stereocenters. The average Bonchev–Trinajstić information content (AvgIpc) is 3.15. The molecule has 3 aliphatic carbocycles. The summed E-state index contributed by atoms with van der Waals surface area (Å²) < 4.78 is 5.35. The number of hydrogen-bond acceptors (Lipinski definition) is 6. The smallest absolute Gasteiger partial charge is 0.273 e. The molecule has 0 aromatic heterocycles. The number of non-ortho nitro benzene ring substituents is 1. The number of aldehydes is 1. The van der Waals surface area contributed by atoms with Crippen molar-refractivity contribution >= 4 is 29.5 Å². The molecule has 35 heavy (non-hydrogen) atoms. The summed E-state index contributed by atoms with van der Waals surface area (Å²) in [5.41, 5.74) is 0.894. The Morgan fingerprint density at radius 1 is 0.914 bits per heavy atom. The molecule has 174 valence electrons. The first kappa shape index (κ1) is 21.2. The van der Waals surface area contributed by atoms with Crippen LogP contribution in [-0.4, -0.2) is 30.1 Å². The second-order valence-electron chi connectivity index (χ2n) is 9.36. The van der Waals surface area contributed by atoms with Crippen molar-refractivity contribution in [1.82, 2.24) is 0 Å². The van der Waals surface area contributed by atoms with Crippen LogP contribution >= 0.6 is 0 Å². The van der Waals surface area contributed by atoms with E-state index in [4.69, 9.17) is 4.74 Å². The monoisotopic (exact) mass is 468 g/mol. The summed E-state index contributed by atoms with van der Waals surface area (Å²) in [5, 5.41) is 11.3. The maximum Gasteiger partial charge on any atom is 0.273 e. The molecule has 4 aliphatic rings. The van der Waals surface area contributed by atoms with Crippen LogP contribution in [0.5, 0.6) is 5.75 Å². The molecule has 0 N–H and O–H groups in total. The van der Waals surface area contributed by atoms with E-state index in [0.717, 1.165) is 33.4 Å². The highest BCUT2D eigenvalue weighted by Crippen LogP contribution is 2.66. The minimum atomic E-state index is -1.33. The van der Waals surface area contributed by atoms with E-state index >= 15 is 0 Å². The molecule has 1 aliphatic heterocycles. The molecule has 2 atom stereocenters. The number of rotatable bonds is 4. The van der Waals surface area contributed by atoms with Crippen molar-refractivity contribution in [2.24, 2.45) is 11.8 Å². The number of imide groups is 1. The number of nitrogens with zero attached hydrogens (tertiary/aromatic N) is 2. The van der Waals surface area contributed by atoms with Gasteiger partial charge in [0.15, 0.2) is 0 Å². The third kappa shape index (κ3) is 2.29. The van der Waals surface area contributed by atoms with E-state index in [0.29, 0.717) is 0 Å². The van der Waals surface area contributed by atoms with Crippen molar-refractivity contribution in [1.29, 1.82) is 0 Å². The molecule has 7 rings (SSSR count). The van der Waals surface area contributed by atoms with Gasteiger partial charge in [-0.3, -0.25) is 19.7 Å². The van der Waals surface area contributed by atoms with E-state index in [2.05, 4.69) is 0 Å². The largest absolute Gasteiger partial charge is 0.494 e. The number of nitro benzene ring substituents is 1. The maximum absolute atomic E-state index is 14.1. The van der Waals surface area contributed by atoms with Crippen molar-refractivity contribution in [3.63, 3.8) is 0 Å². The molecule has 2 amide bonds. The van der Waals surface area contributed by atoms with Crippen LogP contribution in [0.2, 0.25) is 0 Å². The van der Waals surface area contributed by atoms with Gasteiger partial charge in [-0.15, -0.1) is 0 Å². The summed E-state index contributed by atoms with van der Waals surface area (Å²) in [6.45, 7) is 1.96. The Kier molecular flexibility index (Phi) is 4.15. The zero-order chi connectivity index (χ0) is 24.7. The van der Waals surface area contributed by atoms with Crippen LogP contribution in [0, 0.1) is 22.0 Å². The minimum Gasteiger partial charge on any atom is -0.494 e. The Bertz CT molecular complexity index is 1430. The topological polar surface area (TPSA) is 107 Å². The molecule has 1 heterocycles. The third-order valence-electron chi connectivity index (χ3n) is 8.08. The van der Waals surface area contributed by atoms with Crippen molar-refractivity contribution in [2.75, 3.05) is 12.0 Å². The highest BCUT2D eigenvalue weighted by Gasteiger charge is 2.72. The van der Waals surface area contributed by atoms with Crippen LogP contribution in [0.3, 0.4) is 0 Å². The number of anilines is 1. The van der Waals surface area contributed by atoms with Crippen LogP contribution in [0.15, 0.2) is 66.7 Å². The maximum atomic E-state index is 14.1. The van der Waals surface area contributed by atoms with Gasteiger partial charge in [0.2, 0.25) is 11.8 Å². The fraction of sp³-hybridized carbons (Fsp3) is 0.222. The number of carbonyl (C=O) groups is 3. The molecule has 8 heteroatoms. The van der Waals surface area contributed by atoms with Gasteiger partial charge in [-0.2, -0.15) is 0 Å². The van der Waals surface area contributed by atoms with Gasteiger partial charge in [-0.1, -0.05) is 55.5 Å². The first-order valence-electron chi connectivity index (χ1n) is 11.2. The van der Waals surface area contributed by atoms with Crippen molar-refractivity contribution in [3.8, 4) is 5.75 Å². The molecule has 2 bridgehead atoms. The molecule has 1 fully saturated rings. The molecule has 3 aromatic rings. The molecule has 0 spiro atoms. The summed E-state index contributed by atoms with van der Waals surface area (Å²) in [5.74, 6) is -2.72. The Morgan fingerprint density at radius 3 is 1.97 bits per heavy atom. The van der Waals surface area contributed by atoms with Gasteiger partial charge >= 0.3 is 0 Å². The second kappa shape index (κ2) is 6.85. The van der Waals surface area contributed by atoms with Gasteiger partial charge in [0.25, 0.3) is 5.69 Å². The zero-order valence-corrected chi connectivity index (χ0v) is 18.9. The summed E-state index contributed by atoms with van der Waals surface area (Å²) in [6.07, 6.45) is 0.808. The predicted molar refractivity (Wildman–Crippen MR) is 125 cm³/mol. The van der Waals surface area contributed by atoms with Crippen molar-refractivity contribution < 1.29 is 24.0 Å². The Hall–Kier alpha value is -4.33. The Morgan fingerprint density at radius 2 is 1.46 bits per heavy atom. The van der Waals surface area contributed by atoms with Crippen molar-refractivity contribution in [2.45, 2.75) is 17.8 Å². The number of hydrogen-bond donors (Lipinski definition) is 0. The summed E-state index contributed by atoms with van der Waals surface area (Å²) >= 11 is 0. The SMILES string of the molecule is COc1cc([N+](=O)[O-])ccc1N1C(=O)[C@@H]2[C@H](C1=O)C1(C=O)c3ccccc3C2(C)c2ccccc21. The fourth-order valence-electron chi connectivity index (χ4n) is 6.67. The highest BCUT2D eigenvalue weighted by molar-refractivity contribution is 6.25. The minimum absolute atomic E-state index is 0.0345. The van der Waals surface area contributed by atoms with Crippen molar-refractivity contribution in [3.05, 3.63) is 99.1 Å². The number of benzene rings is 3. The van der Waals surface area contributed by atoms with Crippen LogP contribution in [0.4, 0.5) is 11.4 Å². The van der Waals surface area contributed by atoms with E-state index in [-0.39, 0.29) is 17.1 Å². The Balaban J connectivity index is 1.64. The predicted octanol–water partition coefficient (Wildman–Crippen LogP) is 3.53. The van der Waals surface area contributed by atoms with Crippen LogP contribution in [0.25, 0.3) is 0 Å². The first-order chi connectivity index (χ1) is 16.8. The van der Waals surface area contributed by atoms with Gasteiger partial charge in [-0.25, -0.2) is 4.90 Å². The third-order valence-corrected chi connectivity index (χ3v) is 8.08. The lowest BCUT2D eigenvalue weighted by Gasteiger charge is -2.56. The van der Waals surface area contributed by atoms with Gasteiger partial charge in [0, 0.05) is 11.5 Å². The fourth-order valence-corrected chi connectivity index (χ4v) is 6.67. The summed E-state index contributed by atoms with van der Waals surface area (Å²) in [6, 6.07) is 18.8. The van der Waals surface area contributed by atoms with E-state index in [1.54, 1.807) is 0 Å². The van der Waals surface area contributed by atoms with Gasteiger partial charge < -0.3 is 9.53 Å². The number of nitro groups is 1.